The average molecular weight is 634 g/mol. The molecule has 0 saturated carbocycles. The molecule has 1 atom stereocenters. The van der Waals surface area contributed by atoms with E-state index in [2.05, 4.69) is 63.4 Å². The van der Waals surface area contributed by atoms with E-state index >= 15 is 0 Å². The van der Waals surface area contributed by atoms with Crippen LogP contribution in [0.2, 0.25) is 0 Å². The molecule has 1 heterocycles. The van der Waals surface area contributed by atoms with Gasteiger partial charge >= 0.3 is 12.1 Å². The zero-order valence-electron chi connectivity index (χ0n) is 26.3. The van der Waals surface area contributed by atoms with Crippen LogP contribution in [-0.4, -0.2) is 39.4 Å². The topological polar surface area (TPSA) is 93.5 Å². The van der Waals surface area contributed by atoms with Crippen LogP contribution in [0, 0.1) is 0 Å². The number of carbonyl (C=O) groups excluding carboxylic acids is 1. The van der Waals surface area contributed by atoms with Crippen LogP contribution in [0.1, 0.15) is 45.8 Å². The lowest BCUT2D eigenvalue weighted by Crippen LogP contribution is -2.42. The Labute approximate surface area is 279 Å². The van der Waals surface area contributed by atoms with Gasteiger partial charge < -0.3 is 19.7 Å². The summed E-state index contributed by atoms with van der Waals surface area (Å²) in [5, 5.41) is 12.8. The molecular weight excluding hydrogens is 598 g/mol. The maximum atomic E-state index is 13.1. The molecule has 1 amide bonds. The van der Waals surface area contributed by atoms with Gasteiger partial charge in [0.25, 0.3) is 0 Å². The third kappa shape index (κ3) is 5.64. The van der Waals surface area contributed by atoms with Gasteiger partial charge in [0.15, 0.2) is 0 Å². The summed E-state index contributed by atoms with van der Waals surface area (Å²) in [6.45, 7) is 0.104. The minimum Gasteiger partial charge on any atom is -0.480 e. The van der Waals surface area contributed by atoms with Crippen molar-refractivity contribution >= 4 is 12.1 Å². The van der Waals surface area contributed by atoms with E-state index in [1.807, 2.05) is 91.0 Å². The van der Waals surface area contributed by atoms with Gasteiger partial charge in [0.2, 0.25) is 0 Å². The number of aliphatic carboxylic acids is 1. The highest BCUT2D eigenvalue weighted by Gasteiger charge is 2.39. The second-order valence-electron chi connectivity index (χ2n) is 12.0. The number of hydrogen-bond acceptors (Lipinski definition) is 4. The Morgan fingerprint density at radius 3 is 1.71 bits per heavy atom. The number of ether oxygens (including phenoxy) is 1. The van der Waals surface area contributed by atoms with E-state index in [4.69, 9.17) is 4.74 Å². The van der Waals surface area contributed by atoms with Crippen molar-refractivity contribution in [1.29, 1.82) is 0 Å². The largest absolute Gasteiger partial charge is 0.480 e. The lowest BCUT2D eigenvalue weighted by molar-refractivity contribution is -0.139. The van der Waals surface area contributed by atoms with Crippen LogP contribution in [0.4, 0.5) is 4.79 Å². The monoisotopic (exact) mass is 633 g/mol. The van der Waals surface area contributed by atoms with Gasteiger partial charge in [-0.2, -0.15) is 0 Å². The van der Waals surface area contributed by atoms with E-state index in [-0.39, 0.29) is 18.9 Å². The number of fused-ring (bicyclic) bond motifs is 3. The summed E-state index contributed by atoms with van der Waals surface area (Å²) >= 11 is 0. The number of nitrogens with zero attached hydrogens (tertiary/aromatic N) is 2. The molecule has 5 aromatic carbocycles. The average Bonchev–Trinajstić information content (AvgIpc) is 3.73. The van der Waals surface area contributed by atoms with Crippen molar-refractivity contribution < 1.29 is 19.4 Å². The number of benzene rings is 5. The Hall–Kier alpha value is -5.95. The minimum absolute atomic E-state index is 0.104. The zero-order valence-corrected chi connectivity index (χ0v) is 26.3. The zero-order chi connectivity index (χ0) is 32.9. The first kappa shape index (κ1) is 30.7. The number of carbonyl (C=O) groups is 2. The Morgan fingerprint density at radius 1 is 0.729 bits per heavy atom. The predicted octanol–water partition coefficient (Wildman–Crippen LogP) is 7.65. The smallest absolute Gasteiger partial charge is 0.407 e. The van der Waals surface area contributed by atoms with Crippen molar-refractivity contribution in [3.8, 4) is 11.1 Å². The van der Waals surface area contributed by atoms with Crippen LogP contribution in [0.15, 0.2) is 152 Å². The number of imidazole rings is 1. The Bertz CT molecular complexity index is 1880. The van der Waals surface area contributed by atoms with Gasteiger partial charge in [-0.1, -0.05) is 140 Å². The fraction of sp³-hybridized carbons (Fsp3) is 0.146. The van der Waals surface area contributed by atoms with E-state index in [0.29, 0.717) is 6.42 Å². The highest BCUT2D eigenvalue weighted by molar-refractivity contribution is 5.81. The Kier molecular flexibility index (Phi) is 8.58. The van der Waals surface area contributed by atoms with Crippen LogP contribution >= 0.6 is 0 Å². The first-order valence-corrected chi connectivity index (χ1v) is 16.1. The Morgan fingerprint density at radius 2 is 1.21 bits per heavy atom. The third-order valence-corrected chi connectivity index (χ3v) is 9.27. The van der Waals surface area contributed by atoms with E-state index < -0.39 is 23.6 Å². The normalized spacial score (nSPS) is 12.9. The molecule has 7 nitrogen and oxygen atoms in total. The summed E-state index contributed by atoms with van der Waals surface area (Å²) in [5.41, 5.74) is 7.58. The van der Waals surface area contributed by atoms with Gasteiger partial charge in [-0.3, -0.25) is 0 Å². The number of rotatable bonds is 11. The van der Waals surface area contributed by atoms with Crippen molar-refractivity contribution in [2.24, 2.45) is 0 Å². The molecule has 7 heteroatoms. The molecule has 1 aromatic heterocycles. The number of nitrogens with one attached hydrogen (secondary N) is 1. The number of alkyl carbamates (subject to hydrolysis) is 1. The maximum Gasteiger partial charge on any atom is 0.407 e. The number of carboxylic acids is 1. The number of amides is 1. The van der Waals surface area contributed by atoms with Gasteiger partial charge in [0.1, 0.15) is 18.2 Å². The molecule has 0 aliphatic heterocycles. The van der Waals surface area contributed by atoms with Crippen LogP contribution < -0.4 is 5.32 Å². The van der Waals surface area contributed by atoms with Crippen molar-refractivity contribution in [1.82, 2.24) is 14.9 Å². The fourth-order valence-corrected chi connectivity index (χ4v) is 7.10. The van der Waals surface area contributed by atoms with Crippen LogP contribution in [0.3, 0.4) is 0 Å². The second-order valence-corrected chi connectivity index (χ2v) is 12.0. The van der Waals surface area contributed by atoms with E-state index in [9.17, 15) is 14.7 Å². The molecule has 1 aliphatic rings. The highest BCUT2D eigenvalue weighted by atomic mass is 16.5. The molecule has 1 aliphatic carbocycles. The van der Waals surface area contributed by atoms with E-state index in [1.165, 1.54) is 0 Å². The van der Waals surface area contributed by atoms with Crippen LogP contribution in [-0.2, 0) is 21.5 Å². The maximum absolute atomic E-state index is 13.1. The molecule has 2 N–H and O–H groups in total. The van der Waals surface area contributed by atoms with Gasteiger partial charge in [-0.15, -0.1) is 0 Å². The summed E-state index contributed by atoms with van der Waals surface area (Å²) in [4.78, 5) is 30.1. The van der Waals surface area contributed by atoms with Gasteiger partial charge in [0.05, 0.1) is 6.33 Å². The van der Waals surface area contributed by atoms with Crippen molar-refractivity contribution in [2.75, 3.05) is 6.61 Å². The highest BCUT2D eigenvalue weighted by Crippen LogP contribution is 2.45. The number of aromatic nitrogens is 2. The van der Waals surface area contributed by atoms with Gasteiger partial charge in [0, 0.05) is 17.8 Å². The molecule has 0 unspecified atom stereocenters. The second kappa shape index (κ2) is 13.4. The lowest BCUT2D eigenvalue weighted by Gasteiger charge is -2.38. The summed E-state index contributed by atoms with van der Waals surface area (Å²) < 4.78 is 7.80. The summed E-state index contributed by atoms with van der Waals surface area (Å²) in [6.07, 6.45) is 3.30. The Balaban J connectivity index is 1.13. The summed E-state index contributed by atoms with van der Waals surface area (Å²) in [6, 6.07) is 45.7. The lowest BCUT2D eigenvalue weighted by atomic mass is 9.76. The standard InChI is InChI=1S/C41H35N3O4/c45-39(46)38(43-40(47)48-27-37-35-22-12-10-20-33(35)34-21-11-13-23-36(34)37)25-24-32-26-42-28-44(32)41(29-14-4-1-5-15-29,30-16-6-2-7-17-30)31-18-8-3-9-19-31/h1-23,26,28,37-38H,24-25,27H2,(H,43,47)(H,45,46)/t38-/m0/s1. The number of aryl methyl sites for hydroxylation is 1. The molecule has 238 valence electrons. The van der Waals surface area contributed by atoms with Crippen LogP contribution in [0.5, 0.6) is 0 Å². The van der Waals surface area contributed by atoms with Crippen LogP contribution in [0.25, 0.3) is 11.1 Å². The summed E-state index contributed by atoms with van der Waals surface area (Å²) in [7, 11) is 0. The van der Waals surface area contributed by atoms with Crippen molar-refractivity contribution in [3.05, 3.63) is 186 Å². The minimum atomic E-state index is -1.16. The van der Waals surface area contributed by atoms with Crippen molar-refractivity contribution in [3.63, 3.8) is 0 Å². The summed E-state index contributed by atoms with van der Waals surface area (Å²) in [5.74, 6) is -1.25. The molecule has 0 radical (unpaired) electrons. The molecule has 0 fully saturated rings. The SMILES string of the molecule is O=C(N[C@@H](CCc1cncn1C(c1ccccc1)(c1ccccc1)c1ccccc1)C(=O)O)OCC1c2ccccc2-c2ccccc21. The molecule has 0 bridgehead atoms. The molecule has 0 saturated heterocycles. The fourth-order valence-electron chi connectivity index (χ4n) is 7.10. The molecule has 0 spiro atoms. The molecule has 48 heavy (non-hydrogen) atoms. The van der Waals surface area contributed by atoms with Gasteiger partial charge in [-0.05, 0) is 51.8 Å². The van der Waals surface area contributed by atoms with Crippen molar-refractivity contribution in [2.45, 2.75) is 30.3 Å². The first-order chi connectivity index (χ1) is 23.6. The van der Waals surface area contributed by atoms with Gasteiger partial charge in [-0.25, -0.2) is 14.6 Å². The molecular formula is C41H35N3O4. The number of carboxylic acid groups (broad SMARTS) is 1. The predicted molar refractivity (Wildman–Crippen MR) is 185 cm³/mol. The van der Waals surface area contributed by atoms with E-state index in [0.717, 1.165) is 44.6 Å². The molecule has 7 rings (SSSR count). The molecule has 6 aromatic rings. The first-order valence-electron chi connectivity index (χ1n) is 16.1. The number of hydrogen-bond donors (Lipinski definition) is 2. The quantitative estimate of drug-likeness (QED) is 0.143. The van der Waals surface area contributed by atoms with E-state index in [1.54, 1.807) is 12.5 Å². The third-order valence-electron chi connectivity index (χ3n) is 9.27.